The molecule has 3 atom stereocenters. The molecule has 166 valence electrons. The Morgan fingerprint density at radius 3 is 2.24 bits per heavy atom. The van der Waals surface area contributed by atoms with Gasteiger partial charge < -0.3 is 5.11 Å². The van der Waals surface area contributed by atoms with Crippen LogP contribution in [-0.4, -0.2) is 28.4 Å². The molecule has 2 aliphatic heterocycles. The van der Waals surface area contributed by atoms with Gasteiger partial charge in [-0.2, -0.15) is 0 Å². The van der Waals surface area contributed by atoms with Crippen molar-refractivity contribution in [3.8, 4) is 0 Å². The second-order valence-electron chi connectivity index (χ2n) is 8.82. The highest BCUT2D eigenvalue weighted by Gasteiger charge is 2.59. The number of imide groups is 1. The van der Waals surface area contributed by atoms with Gasteiger partial charge in [-0.15, -0.1) is 0 Å². The summed E-state index contributed by atoms with van der Waals surface area (Å²) >= 11 is 0. The Hall–Kier alpha value is -4.32. The molecule has 3 aromatic rings. The largest absolute Gasteiger partial charge is 0.506 e. The first kappa shape index (κ1) is 20.3. The summed E-state index contributed by atoms with van der Waals surface area (Å²) in [5.41, 5.74) is 3.18. The lowest BCUT2D eigenvalue weighted by Gasteiger charge is -2.18. The van der Waals surface area contributed by atoms with E-state index in [1.54, 1.807) is 42.5 Å². The zero-order chi connectivity index (χ0) is 23.6. The van der Waals surface area contributed by atoms with Crippen molar-refractivity contribution < 1.29 is 19.5 Å². The van der Waals surface area contributed by atoms with E-state index in [-0.39, 0.29) is 28.7 Å². The number of rotatable bonds is 3. The van der Waals surface area contributed by atoms with E-state index in [1.807, 2.05) is 43.3 Å². The Morgan fingerprint density at radius 2 is 1.53 bits per heavy atom. The molecule has 0 aromatic heterocycles. The minimum atomic E-state index is -0.950. The maximum atomic E-state index is 13.7. The molecular weight excluding hydrogens is 428 g/mol. The number of carbonyl (C=O) groups excluding carboxylic acids is 3. The van der Waals surface area contributed by atoms with Crippen molar-refractivity contribution in [1.29, 1.82) is 0 Å². The molecule has 34 heavy (non-hydrogen) atoms. The van der Waals surface area contributed by atoms with E-state index in [9.17, 15) is 19.5 Å². The molecule has 1 N–H and O–H groups in total. The van der Waals surface area contributed by atoms with E-state index in [0.717, 1.165) is 11.1 Å². The van der Waals surface area contributed by atoms with Crippen molar-refractivity contribution in [3.63, 3.8) is 0 Å². The molecule has 3 aromatic carbocycles. The number of fused-ring (bicyclic) bond motifs is 2. The Labute approximate surface area is 195 Å². The first-order chi connectivity index (χ1) is 16.5. The van der Waals surface area contributed by atoms with Crippen molar-refractivity contribution in [2.45, 2.75) is 13.0 Å². The fourth-order valence-electron chi connectivity index (χ4n) is 5.28. The van der Waals surface area contributed by atoms with Gasteiger partial charge in [0.15, 0.2) is 5.78 Å². The predicted molar refractivity (Wildman–Crippen MR) is 128 cm³/mol. The molecule has 0 spiro atoms. The standard InChI is InChI=1S/C28H20N2O4/c1-15-8-7-11-17(14-15)30-27(33)20-21(28(30)34)24(29-23(20)16-9-3-2-4-10-16)22-25(31)18-12-5-6-13-19(18)26(22)32/h2-14,20-21,23,31H,1H3. The van der Waals surface area contributed by atoms with Crippen molar-refractivity contribution in [3.05, 3.63) is 107 Å². The lowest BCUT2D eigenvalue weighted by atomic mass is 9.83. The van der Waals surface area contributed by atoms with E-state index in [4.69, 9.17) is 4.99 Å². The molecule has 6 nitrogen and oxygen atoms in total. The van der Waals surface area contributed by atoms with Crippen LogP contribution >= 0.6 is 0 Å². The first-order valence-electron chi connectivity index (χ1n) is 11.1. The summed E-state index contributed by atoms with van der Waals surface area (Å²) in [6, 6.07) is 22.6. The normalized spacial score (nSPS) is 23.4. The third-order valence-corrected chi connectivity index (χ3v) is 6.81. The summed E-state index contributed by atoms with van der Waals surface area (Å²) in [4.78, 5) is 46.7. The van der Waals surface area contributed by atoms with E-state index >= 15 is 0 Å². The maximum absolute atomic E-state index is 13.7. The summed E-state index contributed by atoms with van der Waals surface area (Å²) in [5, 5.41) is 11.0. The highest BCUT2D eigenvalue weighted by molar-refractivity contribution is 6.42. The van der Waals surface area contributed by atoms with Gasteiger partial charge in [0, 0.05) is 11.1 Å². The number of aliphatic hydroxyl groups is 1. The van der Waals surface area contributed by atoms with Crippen LogP contribution in [0, 0.1) is 18.8 Å². The zero-order valence-electron chi connectivity index (χ0n) is 18.3. The van der Waals surface area contributed by atoms with Gasteiger partial charge in [0.05, 0.1) is 34.8 Å². The fourth-order valence-corrected chi connectivity index (χ4v) is 5.28. The highest BCUT2D eigenvalue weighted by atomic mass is 16.3. The van der Waals surface area contributed by atoms with Crippen LogP contribution in [0.15, 0.2) is 89.4 Å². The lowest BCUT2D eigenvalue weighted by molar-refractivity contribution is -0.122. The summed E-state index contributed by atoms with van der Waals surface area (Å²) < 4.78 is 0. The maximum Gasteiger partial charge on any atom is 0.243 e. The van der Waals surface area contributed by atoms with Gasteiger partial charge in [-0.05, 0) is 30.2 Å². The number of aliphatic imine (C=N–C) groups is 1. The van der Waals surface area contributed by atoms with Gasteiger partial charge >= 0.3 is 0 Å². The van der Waals surface area contributed by atoms with Gasteiger partial charge in [0.1, 0.15) is 5.76 Å². The third-order valence-electron chi connectivity index (χ3n) is 6.81. The minimum Gasteiger partial charge on any atom is -0.506 e. The number of carbonyl (C=O) groups is 3. The molecule has 1 aliphatic carbocycles. The number of aliphatic hydroxyl groups excluding tert-OH is 1. The molecule has 1 saturated heterocycles. The van der Waals surface area contributed by atoms with Crippen LogP contribution in [0.3, 0.4) is 0 Å². The zero-order valence-corrected chi connectivity index (χ0v) is 18.3. The number of hydrogen-bond donors (Lipinski definition) is 1. The number of Topliss-reactive ketones (excluding diaryl/α,β-unsaturated/α-hetero) is 1. The highest BCUT2D eigenvalue weighted by Crippen LogP contribution is 2.49. The van der Waals surface area contributed by atoms with Crippen molar-refractivity contribution >= 4 is 34.8 Å². The molecular formula is C28H20N2O4. The molecule has 1 fully saturated rings. The second-order valence-corrected chi connectivity index (χ2v) is 8.82. The number of nitrogens with zero attached hydrogens (tertiary/aromatic N) is 2. The van der Waals surface area contributed by atoms with Crippen LogP contribution in [0.4, 0.5) is 5.69 Å². The van der Waals surface area contributed by atoms with Crippen LogP contribution in [0.1, 0.15) is 33.1 Å². The number of amides is 2. The molecule has 0 bridgehead atoms. The monoisotopic (exact) mass is 448 g/mol. The Bertz CT molecular complexity index is 1450. The SMILES string of the molecule is Cc1cccc(N2C(=O)C3C(C4=C(O)c5ccccc5C4=O)=NC(c4ccccc4)C3C2=O)c1. The van der Waals surface area contributed by atoms with Crippen LogP contribution in [-0.2, 0) is 9.59 Å². The third kappa shape index (κ3) is 2.75. The number of ketones is 1. The second kappa shape index (κ2) is 7.35. The Balaban J connectivity index is 1.52. The van der Waals surface area contributed by atoms with Crippen LogP contribution in [0.2, 0.25) is 0 Å². The van der Waals surface area contributed by atoms with Crippen LogP contribution < -0.4 is 4.90 Å². The molecule has 6 rings (SSSR count). The molecule has 3 unspecified atom stereocenters. The number of hydrogen-bond acceptors (Lipinski definition) is 5. The summed E-state index contributed by atoms with van der Waals surface area (Å²) in [7, 11) is 0. The Kier molecular flexibility index (Phi) is 4.39. The number of aryl methyl sites for hydroxylation is 1. The van der Waals surface area contributed by atoms with E-state index in [0.29, 0.717) is 16.8 Å². The summed E-state index contributed by atoms with van der Waals surface area (Å²) in [6.45, 7) is 1.90. The Morgan fingerprint density at radius 1 is 0.824 bits per heavy atom. The van der Waals surface area contributed by atoms with Crippen molar-refractivity contribution in [2.24, 2.45) is 16.8 Å². The molecule has 0 saturated carbocycles. The molecule has 6 heteroatoms. The predicted octanol–water partition coefficient (Wildman–Crippen LogP) is 4.46. The van der Waals surface area contributed by atoms with Gasteiger partial charge in [-0.25, -0.2) is 4.90 Å². The summed E-state index contributed by atoms with van der Waals surface area (Å²) in [6.07, 6.45) is 0. The summed E-state index contributed by atoms with van der Waals surface area (Å²) in [5.74, 6) is -3.09. The number of benzene rings is 3. The van der Waals surface area contributed by atoms with E-state index in [1.165, 1.54) is 4.90 Å². The van der Waals surface area contributed by atoms with Crippen LogP contribution in [0.25, 0.3) is 5.76 Å². The van der Waals surface area contributed by atoms with Gasteiger partial charge in [-0.1, -0.05) is 66.7 Å². The van der Waals surface area contributed by atoms with Crippen molar-refractivity contribution in [1.82, 2.24) is 0 Å². The quantitative estimate of drug-likeness (QED) is 0.600. The first-order valence-corrected chi connectivity index (χ1v) is 11.1. The molecule has 2 heterocycles. The average Bonchev–Trinajstić information content (AvgIpc) is 3.44. The number of anilines is 1. The van der Waals surface area contributed by atoms with E-state index in [2.05, 4.69) is 0 Å². The van der Waals surface area contributed by atoms with Gasteiger partial charge in [0.25, 0.3) is 0 Å². The van der Waals surface area contributed by atoms with Crippen molar-refractivity contribution in [2.75, 3.05) is 4.90 Å². The van der Waals surface area contributed by atoms with Gasteiger partial charge in [0.2, 0.25) is 11.8 Å². The lowest BCUT2D eigenvalue weighted by Crippen LogP contribution is -2.33. The minimum absolute atomic E-state index is 0.0156. The average molecular weight is 448 g/mol. The van der Waals surface area contributed by atoms with Gasteiger partial charge in [-0.3, -0.25) is 19.4 Å². The molecule has 0 radical (unpaired) electrons. The molecule has 2 amide bonds. The number of allylic oxidation sites excluding steroid dienone is 1. The molecule has 3 aliphatic rings. The van der Waals surface area contributed by atoms with E-state index < -0.39 is 23.8 Å². The topological polar surface area (TPSA) is 87.0 Å². The fraction of sp³-hybridized carbons (Fsp3) is 0.143. The van der Waals surface area contributed by atoms with Crippen LogP contribution in [0.5, 0.6) is 0 Å². The smallest absolute Gasteiger partial charge is 0.243 e.